The molecule has 188 valence electrons. The summed E-state index contributed by atoms with van der Waals surface area (Å²) in [5.41, 5.74) is 0.654. The van der Waals surface area contributed by atoms with Gasteiger partial charge in [0.15, 0.2) is 10.0 Å². The SMILES string of the molecule is N.N#Cc1c(CN2CCOCC2)ccc2sc(S(=O)(=O)NCP(=O)(O)Oc3ccccc3)c(F)c12. The Morgan fingerprint density at radius 3 is 2.57 bits per heavy atom. The number of thiophene rings is 1. The maximum absolute atomic E-state index is 15.3. The van der Waals surface area contributed by atoms with Gasteiger partial charge in [-0.2, -0.15) is 9.98 Å². The highest BCUT2D eigenvalue weighted by Gasteiger charge is 2.31. The van der Waals surface area contributed by atoms with Gasteiger partial charge in [0, 0.05) is 29.7 Å². The van der Waals surface area contributed by atoms with Crippen LogP contribution in [0.4, 0.5) is 4.39 Å². The zero-order valence-electron chi connectivity index (χ0n) is 18.5. The second-order valence-electron chi connectivity index (χ2n) is 7.52. The lowest BCUT2D eigenvalue weighted by Crippen LogP contribution is -2.35. The molecule has 1 aliphatic heterocycles. The van der Waals surface area contributed by atoms with E-state index in [-0.39, 0.29) is 27.5 Å². The molecule has 0 amide bonds. The zero-order valence-corrected chi connectivity index (χ0v) is 21.0. The number of ether oxygens (including phenoxy) is 1. The molecule has 0 spiro atoms. The van der Waals surface area contributed by atoms with Gasteiger partial charge in [-0.3, -0.25) is 4.90 Å². The first-order valence-electron chi connectivity index (χ1n) is 10.2. The van der Waals surface area contributed by atoms with Crippen LogP contribution in [-0.2, 0) is 25.9 Å². The minimum Gasteiger partial charge on any atom is -0.424 e. The summed E-state index contributed by atoms with van der Waals surface area (Å²) in [6.07, 6.45) is -0.953. The number of fused-ring (bicyclic) bond motifs is 1. The molecule has 3 aromatic rings. The fraction of sp³-hybridized carbons (Fsp3) is 0.286. The van der Waals surface area contributed by atoms with Crippen molar-refractivity contribution in [3.63, 3.8) is 0 Å². The Labute approximate surface area is 206 Å². The number of nitriles is 1. The van der Waals surface area contributed by atoms with Gasteiger partial charge in [0.1, 0.15) is 18.1 Å². The number of hydrogen-bond acceptors (Lipinski definition) is 9. The first kappa shape index (κ1) is 27.2. The van der Waals surface area contributed by atoms with Crippen LogP contribution in [-0.4, -0.2) is 50.8 Å². The number of rotatable bonds is 8. The van der Waals surface area contributed by atoms with Crippen LogP contribution < -0.4 is 15.4 Å². The maximum Gasteiger partial charge on any atom is 0.391 e. The second-order valence-corrected chi connectivity index (χ2v) is 12.3. The highest BCUT2D eigenvalue weighted by atomic mass is 32.2. The van der Waals surface area contributed by atoms with Gasteiger partial charge in [0.05, 0.1) is 18.8 Å². The van der Waals surface area contributed by atoms with Crippen molar-refractivity contribution in [1.29, 1.82) is 5.26 Å². The van der Waals surface area contributed by atoms with Crippen molar-refractivity contribution in [1.82, 2.24) is 15.8 Å². The van der Waals surface area contributed by atoms with Crippen LogP contribution in [0.25, 0.3) is 10.1 Å². The highest BCUT2D eigenvalue weighted by molar-refractivity contribution is 7.92. The van der Waals surface area contributed by atoms with Crippen LogP contribution in [0, 0.1) is 17.1 Å². The fourth-order valence-corrected chi connectivity index (χ4v) is 7.54. The van der Waals surface area contributed by atoms with Crippen molar-refractivity contribution in [3.05, 3.63) is 59.4 Å². The Balaban J connectivity index is 0.00000342. The zero-order chi connectivity index (χ0) is 24.3. The molecule has 1 atom stereocenters. The lowest BCUT2D eigenvalue weighted by Gasteiger charge is -2.26. The van der Waals surface area contributed by atoms with Gasteiger partial charge in [0.2, 0.25) is 0 Å². The van der Waals surface area contributed by atoms with E-state index in [1.54, 1.807) is 30.3 Å². The molecule has 35 heavy (non-hydrogen) atoms. The predicted octanol–water partition coefficient (Wildman–Crippen LogP) is 3.41. The van der Waals surface area contributed by atoms with Crippen LogP contribution in [0.15, 0.2) is 46.7 Å². The first-order valence-corrected chi connectivity index (χ1v) is 14.3. The number of hydrogen-bond donors (Lipinski definition) is 3. The van der Waals surface area contributed by atoms with Gasteiger partial charge in [0.25, 0.3) is 10.0 Å². The van der Waals surface area contributed by atoms with Crippen LogP contribution in [0.2, 0.25) is 0 Å². The monoisotopic (exact) mass is 542 g/mol. The fourth-order valence-electron chi connectivity index (χ4n) is 3.52. The third-order valence-corrected chi connectivity index (χ3v) is 9.45. The molecule has 2 aromatic carbocycles. The predicted molar refractivity (Wildman–Crippen MR) is 130 cm³/mol. The molecule has 0 radical (unpaired) electrons. The third-order valence-electron chi connectivity index (χ3n) is 5.15. The van der Waals surface area contributed by atoms with Crippen molar-refractivity contribution in [2.75, 3.05) is 32.6 Å². The Morgan fingerprint density at radius 2 is 1.91 bits per heavy atom. The van der Waals surface area contributed by atoms with Crippen molar-refractivity contribution in [2.24, 2.45) is 0 Å². The van der Waals surface area contributed by atoms with Gasteiger partial charge in [-0.25, -0.2) is 17.4 Å². The molecule has 0 aliphatic carbocycles. The molecule has 10 nitrogen and oxygen atoms in total. The highest BCUT2D eigenvalue weighted by Crippen LogP contribution is 2.42. The van der Waals surface area contributed by atoms with Crippen LogP contribution >= 0.6 is 18.9 Å². The van der Waals surface area contributed by atoms with Gasteiger partial charge in [-0.1, -0.05) is 24.3 Å². The maximum atomic E-state index is 15.3. The first-order chi connectivity index (χ1) is 16.2. The van der Waals surface area contributed by atoms with E-state index in [9.17, 15) is 23.1 Å². The number of morpholine rings is 1. The van der Waals surface area contributed by atoms with Gasteiger partial charge >= 0.3 is 7.60 Å². The lowest BCUT2D eigenvalue weighted by atomic mass is 10.0. The van der Waals surface area contributed by atoms with E-state index < -0.39 is 33.9 Å². The van der Waals surface area contributed by atoms with Gasteiger partial charge < -0.3 is 20.3 Å². The summed E-state index contributed by atoms with van der Waals surface area (Å²) in [5, 5.41) is 9.65. The number of nitrogens with one attached hydrogen (secondary N) is 1. The summed E-state index contributed by atoms with van der Waals surface area (Å²) < 4.78 is 65.1. The molecular formula is C21H24FN4O6PS2. The molecule has 4 rings (SSSR count). The Morgan fingerprint density at radius 1 is 1.23 bits per heavy atom. The molecular weight excluding hydrogens is 518 g/mol. The lowest BCUT2D eigenvalue weighted by molar-refractivity contribution is 0.0342. The van der Waals surface area contributed by atoms with E-state index >= 15 is 4.39 Å². The standard InChI is InChI=1S/C21H21FN3O6PS2.H3N/c22-20-19-17(12-23)15(13-25-8-10-30-11-9-25)6-7-18(19)33-21(20)34(28,29)24-14-32(26,27)31-16-4-2-1-3-5-16;/h1-7,24H,8-11,13-14H2,(H,26,27);1H3. The summed E-state index contributed by atoms with van der Waals surface area (Å²) in [6.45, 7) is 2.87. The molecule has 2 heterocycles. The van der Waals surface area contributed by atoms with E-state index in [0.717, 1.165) is 0 Å². The molecule has 1 unspecified atom stereocenters. The quantitative estimate of drug-likeness (QED) is 0.362. The molecule has 14 heteroatoms. The van der Waals surface area contributed by atoms with Gasteiger partial charge in [-0.05, 0) is 23.8 Å². The van der Waals surface area contributed by atoms with Crippen LogP contribution in [0.1, 0.15) is 11.1 Å². The average Bonchev–Trinajstić information content (AvgIpc) is 3.16. The average molecular weight is 543 g/mol. The number of benzene rings is 2. The summed E-state index contributed by atoms with van der Waals surface area (Å²) >= 11 is 0.647. The molecule has 0 saturated carbocycles. The Hall–Kier alpha value is -2.40. The van der Waals surface area contributed by atoms with Crippen LogP contribution in [0.3, 0.4) is 0 Å². The van der Waals surface area contributed by atoms with Gasteiger partial charge in [-0.15, -0.1) is 11.3 Å². The smallest absolute Gasteiger partial charge is 0.391 e. The largest absolute Gasteiger partial charge is 0.424 e. The number of para-hydroxylation sites is 1. The van der Waals surface area contributed by atoms with Crippen LogP contribution in [0.5, 0.6) is 5.75 Å². The Kier molecular flexibility index (Phi) is 8.63. The summed E-state index contributed by atoms with van der Waals surface area (Å²) in [4.78, 5) is 12.1. The van der Waals surface area contributed by atoms with Crippen molar-refractivity contribution < 1.29 is 31.5 Å². The third kappa shape index (κ3) is 6.24. The molecule has 5 N–H and O–H groups in total. The van der Waals surface area contributed by atoms with E-state index in [4.69, 9.17) is 9.26 Å². The number of nitrogens with zero attached hydrogens (tertiary/aromatic N) is 2. The normalized spacial score (nSPS) is 16.3. The van der Waals surface area contributed by atoms with E-state index in [0.29, 0.717) is 49.7 Å². The molecule has 1 fully saturated rings. The number of sulfonamides is 1. The molecule has 0 bridgehead atoms. The summed E-state index contributed by atoms with van der Waals surface area (Å²) in [5.74, 6) is -0.975. The van der Waals surface area contributed by atoms with Crippen molar-refractivity contribution in [2.45, 2.75) is 10.8 Å². The molecule has 1 aliphatic rings. The number of halogens is 1. The van der Waals surface area contributed by atoms with E-state index in [2.05, 4.69) is 4.90 Å². The summed E-state index contributed by atoms with van der Waals surface area (Å²) in [7, 11) is -8.90. The van der Waals surface area contributed by atoms with E-state index in [1.807, 2.05) is 10.8 Å². The van der Waals surface area contributed by atoms with Crippen molar-refractivity contribution in [3.8, 4) is 11.8 Å². The van der Waals surface area contributed by atoms with Crippen molar-refractivity contribution >= 4 is 39.0 Å². The minimum atomic E-state index is -4.50. The van der Waals surface area contributed by atoms with E-state index in [1.165, 1.54) is 12.1 Å². The molecule has 1 saturated heterocycles. The summed E-state index contributed by atoms with van der Waals surface area (Å²) in [6, 6.07) is 13.0. The second kappa shape index (κ2) is 11.1. The topological polar surface area (TPSA) is 164 Å². The molecule has 1 aromatic heterocycles. The Bertz CT molecular complexity index is 1390. The minimum absolute atomic E-state index is 0.